The van der Waals surface area contributed by atoms with Crippen LogP contribution in [-0.2, 0) is 19.6 Å². The highest BCUT2D eigenvalue weighted by Crippen LogP contribution is 2.16. The monoisotopic (exact) mass is 291 g/mol. The van der Waals surface area contributed by atoms with E-state index in [-0.39, 0.29) is 12.3 Å². The number of rotatable bonds is 5. The van der Waals surface area contributed by atoms with Crippen LogP contribution in [0.4, 0.5) is 0 Å². The predicted octanol–water partition coefficient (Wildman–Crippen LogP) is 1.20. The van der Waals surface area contributed by atoms with Crippen molar-refractivity contribution in [3.63, 3.8) is 0 Å². The standard InChI is InChI=1S/C11H17NO4S2/c1-16-10-4-6-11(7-5-10)18(3,15)12-8-9-17(2,13)14/h4-7H,8-9H2,1-3H3. The first-order valence-electron chi connectivity index (χ1n) is 5.24. The largest absolute Gasteiger partial charge is 0.497 e. The smallest absolute Gasteiger partial charge is 0.149 e. The number of nitrogens with zero attached hydrogens (tertiary/aromatic N) is 1. The number of sulfone groups is 1. The summed E-state index contributed by atoms with van der Waals surface area (Å²) in [4.78, 5) is 0.566. The Morgan fingerprint density at radius 3 is 2.11 bits per heavy atom. The maximum Gasteiger partial charge on any atom is 0.149 e. The zero-order valence-electron chi connectivity index (χ0n) is 10.6. The Kier molecular flexibility index (Phi) is 4.75. The van der Waals surface area contributed by atoms with Crippen molar-refractivity contribution in [1.82, 2.24) is 0 Å². The van der Waals surface area contributed by atoms with Gasteiger partial charge in [-0.25, -0.2) is 17.0 Å². The lowest BCUT2D eigenvalue weighted by molar-refractivity contribution is 0.414. The first-order chi connectivity index (χ1) is 8.24. The average molecular weight is 291 g/mol. The molecule has 0 aliphatic rings. The molecule has 0 spiro atoms. The van der Waals surface area contributed by atoms with Crippen LogP contribution in [0.1, 0.15) is 0 Å². The van der Waals surface area contributed by atoms with Crippen molar-refractivity contribution in [1.29, 1.82) is 0 Å². The van der Waals surface area contributed by atoms with E-state index < -0.39 is 19.6 Å². The third-order valence-electron chi connectivity index (χ3n) is 2.30. The molecule has 0 aliphatic heterocycles. The van der Waals surface area contributed by atoms with E-state index in [2.05, 4.69) is 4.36 Å². The van der Waals surface area contributed by atoms with Gasteiger partial charge in [0, 0.05) is 17.4 Å². The van der Waals surface area contributed by atoms with Gasteiger partial charge in [-0.05, 0) is 24.3 Å². The summed E-state index contributed by atoms with van der Waals surface area (Å²) in [6.07, 6.45) is 2.63. The highest BCUT2D eigenvalue weighted by molar-refractivity contribution is 7.93. The lowest BCUT2D eigenvalue weighted by atomic mass is 10.3. The molecule has 0 aliphatic carbocycles. The van der Waals surface area contributed by atoms with Crippen molar-refractivity contribution >= 4 is 19.6 Å². The Balaban J connectivity index is 2.91. The zero-order valence-corrected chi connectivity index (χ0v) is 12.3. The van der Waals surface area contributed by atoms with Crippen LogP contribution in [0.15, 0.2) is 33.5 Å². The minimum absolute atomic E-state index is 0.0419. The molecule has 7 heteroatoms. The van der Waals surface area contributed by atoms with Gasteiger partial charge in [-0.1, -0.05) is 0 Å². The van der Waals surface area contributed by atoms with Crippen LogP contribution in [0.2, 0.25) is 0 Å². The summed E-state index contributed by atoms with van der Waals surface area (Å²) < 4.78 is 43.2. The van der Waals surface area contributed by atoms with Crippen molar-refractivity contribution < 1.29 is 17.4 Å². The number of methoxy groups -OCH3 is 1. The summed E-state index contributed by atoms with van der Waals surface area (Å²) in [5.74, 6) is 0.582. The van der Waals surface area contributed by atoms with E-state index in [0.717, 1.165) is 6.26 Å². The summed E-state index contributed by atoms with van der Waals surface area (Å²) in [5.41, 5.74) is 0. The molecule has 5 nitrogen and oxygen atoms in total. The summed E-state index contributed by atoms with van der Waals surface area (Å²) in [5, 5.41) is 0. The molecule has 0 aromatic heterocycles. The van der Waals surface area contributed by atoms with Crippen LogP contribution in [0.25, 0.3) is 0 Å². The fraction of sp³-hybridized carbons (Fsp3) is 0.455. The van der Waals surface area contributed by atoms with Crippen LogP contribution in [0.5, 0.6) is 5.75 Å². The van der Waals surface area contributed by atoms with Gasteiger partial charge in [-0.15, -0.1) is 0 Å². The SMILES string of the molecule is COc1ccc(S(C)(=O)=NCCS(C)(=O)=O)cc1. The molecule has 18 heavy (non-hydrogen) atoms. The molecule has 0 fully saturated rings. The van der Waals surface area contributed by atoms with Gasteiger partial charge in [0.05, 0.1) is 29.1 Å². The summed E-state index contributed by atoms with van der Waals surface area (Å²) in [7, 11) is -4.08. The van der Waals surface area contributed by atoms with Crippen molar-refractivity contribution in [2.24, 2.45) is 4.36 Å². The van der Waals surface area contributed by atoms with Gasteiger partial charge in [-0.3, -0.25) is 0 Å². The molecule has 1 rings (SSSR count). The minimum Gasteiger partial charge on any atom is -0.497 e. The maximum atomic E-state index is 12.3. The van der Waals surface area contributed by atoms with Crippen LogP contribution in [0, 0.1) is 0 Å². The number of hydrogen-bond acceptors (Lipinski definition) is 5. The predicted molar refractivity (Wildman–Crippen MR) is 72.3 cm³/mol. The van der Waals surface area contributed by atoms with Gasteiger partial charge in [0.2, 0.25) is 0 Å². The van der Waals surface area contributed by atoms with E-state index in [1.807, 2.05) is 0 Å². The van der Waals surface area contributed by atoms with E-state index >= 15 is 0 Å². The van der Waals surface area contributed by atoms with Crippen LogP contribution in [-0.4, -0.2) is 44.5 Å². The van der Waals surface area contributed by atoms with Crippen molar-refractivity contribution in [2.45, 2.75) is 4.90 Å². The number of ether oxygens (including phenoxy) is 1. The molecule has 0 heterocycles. The van der Waals surface area contributed by atoms with Gasteiger partial charge >= 0.3 is 0 Å². The molecule has 1 unspecified atom stereocenters. The van der Waals surface area contributed by atoms with Crippen LogP contribution in [0.3, 0.4) is 0 Å². The Morgan fingerprint density at radius 2 is 1.67 bits per heavy atom. The molecule has 0 bridgehead atoms. The molecule has 1 aromatic rings. The molecule has 0 N–H and O–H groups in total. The van der Waals surface area contributed by atoms with E-state index in [1.54, 1.807) is 31.4 Å². The molecule has 1 aromatic carbocycles. The molecule has 102 valence electrons. The Bertz CT molecular complexity index is 611. The zero-order chi connectivity index (χ0) is 13.8. The highest BCUT2D eigenvalue weighted by Gasteiger charge is 2.07. The summed E-state index contributed by atoms with van der Waals surface area (Å²) >= 11 is 0. The Morgan fingerprint density at radius 1 is 1.11 bits per heavy atom. The fourth-order valence-corrected chi connectivity index (χ4v) is 3.05. The van der Waals surface area contributed by atoms with E-state index in [9.17, 15) is 12.6 Å². The van der Waals surface area contributed by atoms with Gasteiger partial charge in [0.25, 0.3) is 0 Å². The van der Waals surface area contributed by atoms with Crippen molar-refractivity contribution in [3.05, 3.63) is 24.3 Å². The fourth-order valence-electron chi connectivity index (χ4n) is 1.28. The topological polar surface area (TPSA) is 72.8 Å². The quantitative estimate of drug-likeness (QED) is 0.817. The van der Waals surface area contributed by atoms with Gasteiger partial charge in [0.1, 0.15) is 15.6 Å². The average Bonchev–Trinajstić information content (AvgIpc) is 2.27. The first-order valence-corrected chi connectivity index (χ1v) is 9.23. The van der Waals surface area contributed by atoms with E-state index in [1.165, 1.54) is 6.26 Å². The first kappa shape index (κ1) is 15.0. The van der Waals surface area contributed by atoms with Gasteiger partial charge in [0.15, 0.2) is 0 Å². The van der Waals surface area contributed by atoms with Crippen LogP contribution < -0.4 is 4.74 Å². The molecule has 0 amide bonds. The van der Waals surface area contributed by atoms with Gasteiger partial charge in [-0.2, -0.15) is 0 Å². The summed E-state index contributed by atoms with van der Waals surface area (Å²) in [6.45, 7) is 0.0419. The third kappa shape index (κ3) is 4.66. The number of hydrogen-bond donors (Lipinski definition) is 0. The van der Waals surface area contributed by atoms with Crippen molar-refractivity contribution in [2.75, 3.05) is 31.9 Å². The second-order valence-electron chi connectivity index (χ2n) is 3.96. The molecule has 0 radical (unpaired) electrons. The molecule has 0 saturated heterocycles. The van der Waals surface area contributed by atoms with Crippen molar-refractivity contribution in [3.8, 4) is 5.75 Å². The summed E-state index contributed by atoms with van der Waals surface area (Å²) in [6, 6.07) is 6.74. The van der Waals surface area contributed by atoms with E-state index in [0.29, 0.717) is 10.6 Å². The Hall–Kier alpha value is -1.08. The lowest BCUT2D eigenvalue weighted by Gasteiger charge is -2.05. The van der Waals surface area contributed by atoms with Gasteiger partial charge < -0.3 is 4.74 Å². The number of benzene rings is 1. The molecular weight excluding hydrogens is 274 g/mol. The maximum absolute atomic E-state index is 12.3. The third-order valence-corrected chi connectivity index (χ3v) is 5.04. The molecular formula is C11H17NO4S2. The second kappa shape index (κ2) is 5.71. The normalized spacial score (nSPS) is 14.8. The van der Waals surface area contributed by atoms with E-state index in [4.69, 9.17) is 4.74 Å². The lowest BCUT2D eigenvalue weighted by Crippen LogP contribution is -2.08. The Labute approximate surface area is 108 Å². The highest BCUT2D eigenvalue weighted by atomic mass is 32.2. The second-order valence-corrected chi connectivity index (χ2v) is 8.56. The van der Waals surface area contributed by atoms with Crippen LogP contribution >= 0.6 is 0 Å². The molecule has 0 saturated carbocycles. The minimum atomic E-state index is -3.08. The molecule has 1 atom stereocenters.